The molecule has 0 radical (unpaired) electrons. The number of nitrogens with zero attached hydrogens (tertiary/aromatic N) is 1. The van der Waals surface area contributed by atoms with E-state index in [1.807, 2.05) is 12.1 Å². The Labute approximate surface area is 176 Å². The second-order valence-electron chi connectivity index (χ2n) is 6.27. The number of carbonyl (C=O) groups is 2. The maximum Gasteiger partial charge on any atom is 0.305 e. The fraction of sp³-hybridized carbons (Fsp3) is 0.158. The van der Waals surface area contributed by atoms with Gasteiger partial charge in [-0.2, -0.15) is 4.31 Å². The van der Waals surface area contributed by atoms with Crippen molar-refractivity contribution in [2.24, 2.45) is 0 Å². The third-order valence-corrected chi connectivity index (χ3v) is 6.60. The smallest absolute Gasteiger partial charge is 0.305 e. The van der Waals surface area contributed by atoms with Crippen molar-refractivity contribution in [1.82, 2.24) is 15.2 Å². The van der Waals surface area contributed by atoms with Crippen LogP contribution in [-0.4, -0.2) is 38.1 Å². The minimum Gasteiger partial charge on any atom is -0.451 e. The summed E-state index contributed by atoms with van der Waals surface area (Å²) < 4.78 is 32.2. The van der Waals surface area contributed by atoms with Crippen LogP contribution < -0.4 is 10.9 Å². The van der Waals surface area contributed by atoms with E-state index < -0.39 is 28.4 Å². The van der Waals surface area contributed by atoms with Gasteiger partial charge in [0.15, 0.2) is 5.76 Å². The van der Waals surface area contributed by atoms with Gasteiger partial charge in [0.1, 0.15) is 5.58 Å². The van der Waals surface area contributed by atoms with Crippen LogP contribution in [0.5, 0.6) is 0 Å². The third-order valence-electron chi connectivity index (χ3n) is 4.25. The number of sulfonamides is 1. The number of fused-ring (bicyclic) bond motifs is 1. The summed E-state index contributed by atoms with van der Waals surface area (Å²) in [6.07, 6.45) is 0. The van der Waals surface area contributed by atoms with Crippen LogP contribution in [0.1, 0.15) is 16.1 Å². The number of aryl methyl sites for hydroxylation is 1. The first-order valence-corrected chi connectivity index (χ1v) is 10.7. The monoisotopic (exact) mass is 479 g/mol. The standard InChI is InChI=1S/C19H18BrN3O5S/c1-12-15-5-3-4-6-16(15)28-18(12)19(25)22-21-17(24)11-23(2)29(26,27)14-9-7-13(20)8-10-14/h3-10H,11H2,1-2H3,(H,21,24)(H,22,25). The molecule has 10 heteroatoms. The van der Waals surface area contributed by atoms with Crippen LogP contribution in [0.3, 0.4) is 0 Å². The van der Waals surface area contributed by atoms with Crippen LogP contribution in [0, 0.1) is 6.92 Å². The summed E-state index contributed by atoms with van der Waals surface area (Å²) in [5, 5.41) is 0.796. The lowest BCUT2D eigenvalue weighted by molar-refractivity contribution is -0.121. The van der Waals surface area contributed by atoms with Crippen molar-refractivity contribution in [2.75, 3.05) is 13.6 Å². The van der Waals surface area contributed by atoms with Gasteiger partial charge in [-0.25, -0.2) is 8.42 Å². The summed E-state index contributed by atoms with van der Waals surface area (Å²) in [6, 6.07) is 13.2. The number of rotatable bonds is 5. The van der Waals surface area contributed by atoms with Crippen molar-refractivity contribution in [2.45, 2.75) is 11.8 Å². The Morgan fingerprint density at radius 3 is 2.38 bits per heavy atom. The Bertz CT molecular complexity index is 1170. The number of halogens is 1. The Morgan fingerprint density at radius 2 is 1.72 bits per heavy atom. The first-order chi connectivity index (χ1) is 13.7. The molecule has 1 heterocycles. The summed E-state index contributed by atoms with van der Waals surface area (Å²) in [4.78, 5) is 24.5. The lowest BCUT2D eigenvalue weighted by Gasteiger charge is -2.17. The van der Waals surface area contributed by atoms with Gasteiger partial charge in [0, 0.05) is 22.5 Å². The van der Waals surface area contributed by atoms with Gasteiger partial charge < -0.3 is 4.42 Å². The highest BCUT2D eigenvalue weighted by Gasteiger charge is 2.23. The minimum atomic E-state index is -3.85. The molecule has 0 aliphatic heterocycles. The number of benzene rings is 2. The predicted molar refractivity (Wildman–Crippen MR) is 111 cm³/mol. The van der Waals surface area contributed by atoms with Crippen LogP contribution >= 0.6 is 15.9 Å². The third kappa shape index (κ3) is 4.50. The molecule has 0 aliphatic rings. The van der Waals surface area contributed by atoms with E-state index in [2.05, 4.69) is 26.8 Å². The lowest BCUT2D eigenvalue weighted by Crippen LogP contribution is -2.46. The summed E-state index contributed by atoms with van der Waals surface area (Å²) in [7, 11) is -2.57. The van der Waals surface area contributed by atoms with Gasteiger partial charge in [0.25, 0.3) is 5.91 Å². The quantitative estimate of drug-likeness (QED) is 0.546. The van der Waals surface area contributed by atoms with Gasteiger partial charge in [0.05, 0.1) is 11.4 Å². The van der Waals surface area contributed by atoms with E-state index in [9.17, 15) is 18.0 Å². The summed E-state index contributed by atoms with van der Waals surface area (Å²) >= 11 is 3.24. The molecule has 2 amide bonds. The SMILES string of the molecule is Cc1c(C(=O)NNC(=O)CN(C)S(=O)(=O)c2ccc(Br)cc2)oc2ccccc12. The van der Waals surface area contributed by atoms with E-state index in [1.54, 1.807) is 31.2 Å². The number of likely N-dealkylation sites (N-methyl/N-ethyl adjacent to an activating group) is 1. The molecule has 152 valence electrons. The molecule has 3 rings (SSSR count). The topological polar surface area (TPSA) is 109 Å². The summed E-state index contributed by atoms with van der Waals surface area (Å²) in [5.41, 5.74) is 5.65. The van der Waals surface area contributed by atoms with E-state index in [1.165, 1.54) is 19.2 Å². The molecule has 29 heavy (non-hydrogen) atoms. The van der Waals surface area contributed by atoms with Gasteiger partial charge in [-0.1, -0.05) is 34.1 Å². The van der Waals surface area contributed by atoms with Crippen molar-refractivity contribution in [3.8, 4) is 0 Å². The first-order valence-electron chi connectivity index (χ1n) is 8.49. The molecule has 0 bridgehead atoms. The molecule has 0 atom stereocenters. The van der Waals surface area contributed by atoms with Crippen LogP contribution in [0.15, 0.2) is 62.3 Å². The van der Waals surface area contributed by atoms with Gasteiger partial charge >= 0.3 is 5.91 Å². The number of amides is 2. The van der Waals surface area contributed by atoms with Gasteiger partial charge in [-0.3, -0.25) is 20.4 Å². The molecule has 0 unspecified atom stereocenters. The Balaban J connectivity index is 1.62. The molecule has 0 spiro atoms. The minimum absolute atomic E-state index is 0.0536. The Morgan fingerprint density at radius 1 is 1.07 bits per heavy atom. The molecule has 0 aliphatic carbocycles. The Hall–Kier alpha value is -2.69. The van der Waals surface area contributed by atoms with Crippen molar-refractivity contribution < 1.29 is 22.4 Å². The maximum atomic E-state index is 12.5. The lowest BCUT2D eigenvalue weighted by atomic mass is 10.1. The molecule has 3 aromatic rings. The van der Waals surface area contributed by atoms with E-state index >= 15 is 0 Å². The fourth-order valence-electron chi connectivity index (χ4n) is 2.69. The highest BCUT2D eigenvalue weighted by Crippen LogP contribution is 2.24. The number of nitrogens with one attached hydrogen (secondary N) is 2. The summed E-state index contributed by atoms with van der Waals surface area (Å²) in [5.74, 6) is -1.26. The van der Waals surface area contributed by atoms with Gasteiger partial charge in [0.2, 0.25) is 10.0 Å². The summed E-state index contributed by atoms with van der Waals surface area (Å²) in [6.45, 7) is 1.26. The molecule has 0 saturated heterocycles. The van der Waals surface area contributed by atoms with E-state index in [4.69, 9.17) is 4.42 Å². The Kier molecular flexibility index (Phi) is 6.06. The number of hydrazine groups is 1. The van der Waals surface area contributed by atoms with E-state index in [0.29, 0.717) is 11.1 Å². The number of para-hydroxylation sites is 1. The van der Waals surface area contributed by atoms with Crippen molar-refractivity contribution >= 4 is 48.7 Å². The van der Waals surface area contributed by atoms with Gasteiger partial charge in [-0.15, -0.1) is 0 Å². The van der Waals surface area contributed by atoms with E-state index in [-0.39, 0.29) is 10.7 Å². The van der Waals surface area contributed by atoms with E-state index in [0.717, 1.165) is 14.2 Å². The molecule has 8 nitrogen and oxygen atoms in total. The normalized spacial score (nSPS) is 11.6. The van der Waals surface area contributed by atoms with Crippen LogP contribution in [0.4, 0.5) is 0 Å². The highest BCUT2D eigenvalue weighted by atomic mass is 79.9. The zero-order valence-corrected chi connectivity index (χ0v) is 18.0. The highest BCUT2D eigenvalue weighted by molar-refractivity contribution is 9.10. The molecular weight excluding hydrogens is 462 g/mol. The fourth-order valence-corrected chi connectivity index (χ4v) is 4.08. The predicted octanol–water partition coefficient (Wildman–Crippen LogP) is 2.59. The van der Waals surface area contributed by atoms with Crippen molar-refractivity contribution in [1.29, 1.82) is 0 Å². The molecule has 2 N–H and O–H groups in total. The van der Waals surface area contributed by atoms with Crippen LogP contribution in [-0.2, 0) is 14.8 Å². The molecule has 2 aromatic carbocycles. The average Bonchev–Trinajstić information content (AvgIpc) is 3.03. The van der Waals surface area contributed by atoms with Crippen LogP contribution in [0.2, 0.25) is 0 Å². The number of hydrogen-bond acceptors (Lipinski definition) is 5. The molecule has 0 saturated carbocycles. The second kappa shape index (κ2) is 8.36. The number of carbonyl (C=O) groups excluding carboxylic acids is 2. The molecule has 1 aromatic heterocycles. The largest absolute Gasteiger partial charge is 0.451 e. The molecule has 0 fully saturated rings. The van der Waals surface area contributed by atoms with Crippen LogP contribution in [0.25, 0.3) is 11.0 Å². The maximum absolute atomic E-state index is 12.5. The average molecular weight is 480 g/mol. The number of hydrogen-bond donors (Lipinski definition) is 2. The molecular formula is C19H18BrN3O5S. The van der Waals surface area contributed by atoms with Crippen molar-refractivity contribution in [3.05, 3.63) is 64.3 Å². The zero-order chi connectivity index (χ0) is 21.2. The number of furan rings is 1. The van der Waals surface area contributed by atoms with Gasteiger partial charge in [-0.05, 0) is 37.3 Å². The second-order valence-corrected chi connectivity index (χ2v) is 9.23. The van der Waals surface area contributed by atoms with Crippen molar-refractivity contribution in [3.63, 3.8) is 0 Å². The zero-order valence-electron chi connectivity index (χ0n) is 15.6. The first kappa shape index (κ1) is 21.0.